The average molecular weight is 375 g/mol. The molecule has 0 aliphatic carbocycles. The maximum Gasteiger partial charge on any atom is 0.135 e. The quantitative estimate of drug-likeness (QED) is 0.372. The van der Waals surface area contributed by atoms with Crippen LogP contribution in [-0.2, 0) is 0 Å². The minimum Gasteiger partial charge on any atom is -0.457 e. The van der Waals surface area contributed by atoms with Gasteiger partial charge in [-0.25, -0.2) is 0 Å². The fourth-order valence-corrected chi connectivity index (χ4v) is 3.12. The maximum absolute atomic E-state index is 6.12. The van der Waals surface area contributed by atoms with E-state index in [0.29, 0.717) is 0 Å². The number of hydrogen-bond donors (Lipinski definition) is 0. The summed E-state index contributed by atoms with van der Waals surface area (Å²) < 4.78 is 7.16. The molecule has 116 valence electrons. The number of hydrogen-bond acceptors (Lipinski definition) is 1. The number of fused-ring (bicyclic) bond motifs is 1. The Hall–Kier alpha value is -2.58. The molecule has 0 saturated heterocycles. The molecule has 0 amide bonds. The molecule has 0 aliphatic rings. The van der Waals surface area contributed by atoms with Gasteiger partial charge in [-0.2, -0.15) is 0 Å². The van der Waals surface area contributed by atoms with Crippen molar-refractivity contribution in [3.8, 4) is 22.6 Å². The van der Waals surface area contributed by atoms with E-state index in [9.17, 15) is 0 Å². The summed E-state index contributed by atoms with van der Waals surface area (Å²) in [5.41, 5.74) is 2.43. The highest BCUT2D eigenvalue weighted by Crippen LogP contribution is 2.36. The van der Waals surface area contributed by atoms with Gasteiger partial charge in [0.1, 0.15) is 11.5 Å². The van der Waals surface area contributed by atoms with Crippen molar-refractivity contribution in [3.63, 3.8) is 0 Å². The van der Waals surface area contributed by atoms with E-state index >= 15 is 0 Å². The molecule has 4 rings (SSSR count). The second kappa shape index (κ2) is 6.50. The maximum atomic E-state index is 6.12. The predicted octanol–water partition coefficient (Wildman–Crippen LogP) is 7.06. The zero-order chi connectivity index (χ0) is 16.4. The highest BCUT2D eigenvalue weighted by Gasteiger charge is 2.09. The van der Waals surface area contributed by atoms with Gasteiger partial charge in [0.15, 0.2) is 0 Å². The minimum absolute atomic E-state index is 0.829. The van der Waals surface area contributed by atoms with Gasteiger partial charge in [-0.15, -0.1) is 0 Å². The van der Waals surface area contributed by atoms with Crippen LogP contribution in [0.5, 0.6) is 11.5 Å². The van der Waals surface area contributed by atoms with E-state index in [4.69, 9.17) is 4.74 Å². The summed E-state index contributed by atoms with van der Waals surface area (Å²) in [5, 5.41) is 2.31. The lowest BCUT2D eigenvalue weighted by atomic mass is 9.98. The average Bonchev–Trinajstić information content (AvgIpc) is 2.64. The van der Waals surface area contributed by atoms with Crippen LogP contribution >= 0.6 is 15.9 Å². The van der Waals surface area contributed by atoms with E-state index in [1.807, 2.05) is 42.5 Å². The van der Waals surface area contributed by atoms with Crippen molar-refractivity contribution in [3.05, 3.63) is 95.5 Å². The Kier molecular flexibility index (Phi) is 4.06. The largest absolute Gasteiger partial charge is 0.457 e. The number of halogens is 1. The molecule has 1 nitrogen and oxygen atoms in total. The standard InChI is InChI=1S/C22H15BrO/c23-17-10-12-18(13-11-17)24-22-15-14-19(16-6-2-1-3-7-16)20-8-4-5-9-21(20)22/h1-15H. The lowest BCUT2D eigenvalue weighted by molar-refractivity contribution is 0.488. The zero-order valence-electron chi connectivity index (χ0n) is 12.9. The minimum atomic E-state index is 0.829. The Morgan fingerprint density at radius 1 is 0.583 bits per heavy atom. The van der Waals surface area contributed by atoms with Crippen LogP contribution in [0.25, 0.3) is 21.9 Å². The highest BCUT2D eigenvalue weighted by molar-refractivity contribution is 9.10. The summed E-state index contributed by atoms with van der Waals surface area (Å²) in [6.07, 6.45) is 0. The molecule has 0 fully saturated rings. The zero-order valence-corrected chi connectivity index (χ0v) is 14.5. The molecule has 0 bridgehead atoms. The third-order valence-electron chi connectivity index (χ3n) is 4.01. The summed E-state index contributed by atoms with van der Waals surface area (Å²) in [5.74, 6) is 1.70. The molecule has 0 aliphatic heterocycles. The summed E-state index contributed by atoms with van der Waals surface area (Å²) >= 11 is 3.45. The van der Waals surface area contributed by atoms with Crippen LogP contribution in [0.2, 0.25) is 0 Å². The Balaban J connectivity index is 1.82. The van der Waals surface area contributed by atoms with E-state index < -0.39 is 0 Å². The molecule has 0 aromatic heterocycles. The van der Waals surface area contributed by atoms with Crippen molar-refractivity contribution in [2.24, 2.45) is 0 Å². The van der Waals surface area contributed by atoms with Crippen LogP contribution in [0.4, 0.5) is 0 Å². The second-order valence-corrected chi connectivity index (χ2v) is 6.49. The third kappa shape index (κ3) is 2.93. The van der Waals surface area contributed by atoms with E-state index in [2.05, 4.69) is 64.5 Å². The van der Waals surface area contributed by atoms with Gasteiger partial charge in [-0.3, -0.25) is 0 Å². The molecule has 0 heterocycles. The van der Waals surface area contributed by atoms with Gasteiger partial charge in [0.05, 0.1) is 0 Å². The second-order valence-electron chi connectivity index (χ2n) is 5.58. The van der Waals surface area contributed by atoms with Gasteiger partial charge < -0.3 is 4.74 Å². The first-order valence-electron chi connectivity index (χ1n) is 7.82. The smallest absolute Gasteiger partial charge is 0.135 e. The van der Waals surface area contributed by atoms with E-state index in [1.54, 1.807) is 0 Å². The molecule has 0 radical (unpaired) electrons. The van der Waals surface area contributed by atoms with Crippen molar-refractivity contribution >= 4 is 26.7 Å². The van der Waals surface area contributed by atoms with E-state index in [-0.39, 0.29) is 0 Å². The monoisotopic (exact) mass is 374 g/mol. The molecule has 2 heteroatoms. The first-order valence-corrected chi connectivity index (χ1v) is 8.61. The number of ether oxygens (including phenoxy) is 1. The van der Waals surface area contributed by atoms with Gasteiger partial charge in [-0.1, -0.05) is 76.6 Å². The van der Waals surface area contributed by atoms with Gasteiger partial charge in [-0.05, 0) is 46.8 Å². The molecular weight excluding hydrogens is 360 g/mol. The van der Waals surface area contributed by atoms with Crippen LogP contribution < -0.4 is 4.74 Å². The Morgan fingerprint density at radius 2 is 1.25 bits per heavy atom. The fourth-order valence-electron chi connectivity index (χ4n) is 2.86. The summed E-state index contributed by atoms with van der Waals surface area (Å²) in [4.78, 5) is 0. The van der Waals surface area contributed by atoms with Gasteiger partial charge in [0.2, 0.25) is 0 Å². The molecule has 0 atom stereocenters. The van der Waals surface area contributed by atoms with Crippen molar-refractivity contribution in [1.29, 1.82) is 0 Å². The fraction of sp³-hybridized carbons (Fsp3) is 0. The molecule has 24 heavy (non-hydrogen) atoms. The third-order valence-corrected chi connectivity index (χ3v) is 4.54. The molecule has 4 aromatic rings. The Bertz CT molecular complexity index is 976. The molecular formula is C22H15BrO. The highest BCUT2D eigenvalue weighted by atomic mass is 79.9. The van der Waals surface area contributed by atoms with E-state index in [1.165, 1.54) is 16.5 Å². The molecule has 0 unspecified atom stereocenters. The normalized spacial score (nSPS) is 10.7. The number of benzene rings is 4. The molecule has 4 aromatic carbocycles. The van der Waals surface area contributed by atoms with Crippen LogP contribution in [0, 0.1) is 0 Å². The molecule has 0 spiro atoms. The van der Waals surface area contributed by atoms with Crippen LogP contribution in [0.15, 0.2) is 95.5 Å². The Labute approximate surface area is 149 Å². The summed E-state index contributed by atoms with van der Waals surface area (Å²) in [7, 11) is 0. The predicted molar refractivity (Wildman–Crippen MR) is 104 cm³/mol. The van der Waals surface area contributed by atoms with Crippen LogP contribution in [0.3, 0.4) is 0 Å². The lowest BCUT2D eigenvalue weighted by Crippen LogP contribution is -1.88. The number of rotatable bonds is 3. The van der Waals surface area contributed by atoms with Gasteiger partial charge in [0, 0.05) is 9.86 Å². The lowest BCUT2D eigenvalue weighted by Gasteiger charge is -2.13. The van der Waals surface area contributed by atoms with E-state index in [0.717, 1.165) is 21.4 Å². The van der Waals surface area contributed by atoms with Crippen molar-refractivity contribution in [2.75, 3.05) is 0 Å². The molecule has 0 saturated carbocycles. The van der Waals surface area contributed by atoms with Gasteiger partial charge >= 0.3 is 0 Å². The summed E-state index contributed by atoms with van der Waals surface area (Å²) in [6.45, 7) is 0. The Morgan fingerprint density at radius 3 is 2.00 bits per heavy atom. The van der Waals surface area contributed by atoms with Crippen LogP contribution in [0.1, 0.15) is 0 Å². The first-order chi connectivity index (χ1) is 11.8. The summed E-state index contributed by atoms with van der Waals surface area (Å²) in [6, 6.07) is 30.9. The van der Waals surface area contributed by atoms with Crippen LogP contribution in [-0.4, -0.2) is 0 Å². The molecule has 0 N–H and O–H groups in total. The van der Waals surface area contributed by atoms with Crippen molar-refractivity contribution in [2.45, 2.75) is 0 Å². The van der Waals surface area contributed by atoms with Crippen molar-refractivity contribution < 1.29 is 4.74 Å². The topological polar surface area (TPSA) is 9.23 Å². The van der Waals surface area contributed by atoms with Crippen molar-refractivity contribution in [1.82, 2.24) is 0 Å². The SMILES string of the molecule is Brc1ccc(Oc2ccc(-c3ccccc3)c3ccccc23)cc1. The van der Waals surface area contributed by atoms with Gasteiger partial charge in [0.25, 0.3) is 0 Å². The first kappa shape index (κ1) is 15.0.